The molecular weight excluding hydrogens is 562 g/mol. The van der Waals surface area contributed by atoms with Gasteiger partial charge in [-0.15, -0.1) is 23.7 Å². The minimum Gasteiger partial charge on any atom is -0.357 e. The number of hydrogen-bond donors (Lipinski definition) is 0. The summed E-state index contributed by atoms with van der Waals surface area (Å²) in [4.78, 5) is 40.0. The third-order valence-electron chi connectivity index (χ3n) is 7.94. The first kappa shape index (κ1) is 28.8. The van der Waals surface area contributed by atoms with E-state index in [1.807, 2.05) is 47.8 Å². The van der Waals surface area contributed by atoms with E-state index in [9.17, 15) is 9.59 Å². The fourth-order valence-corrected chi connectivity index (χ4v) is 7.35. The quantitative estimate of drug-likeness (QED) is 0.152. The van der Waals surface area contributed by atoms with Gasteiger partial charge in [-0.25, -0.2) is 9.97 Å². The van der Waals surface area contributed by atoms with E-state index in [4.69, 9.17) is 0 Å². The average Bonchev–Trinajstić information content (AvgIpc) is 3.48. The Kier molecular flexibility index (Phi) is 9.25. The molecule has 6 rings (SSSR count). The number of ketones is 1. The number of likely N-dealkylation sites (tertiary alicyclic amines) is 1. The van der Waals surface area contributed by atoms with Crippen LogP contribution in [-0.4, -0.2) is 57.4 Å². The van der Waals surface area contributed by atoms with Gasteiger partial charge in [0.1, 0.15) is 10.5 Å². The molecule has 4 aromatic rings. The smallest absolute Gasteiger partial charge is 0.271 e. The highest BCUT2D eigenvalue weighted by Gasteiger charge is 2.26. The van der Waals surface area contributed by atoms with Crippen molar-refractivity contribution in [2.45, 2.75) is 49.1 Å². The van der Waals surface area contributed by atoms with Crippen LogP contribution in [0.5, 0.6) is 0 Å². The molecule has 40 heavy (non-hydrogen) atoms. The van der Waals surface area contributed by atoms with Gasteiger partial charge < -0.3 is 9.80 Å². The van der Waals surface area contributed by atoms with Gasteiger partial charge in [0.25, 0.3) is 5.56 Å². The molecule has 0 atom stereocenters. The van der Waals surface area contributed by atoms with Crippen LogP contribution in [0.4, 0.5) is 5.82 Å². The van der Waals surface area contributed by atoms with E-state index in [0.717, 1.165) is 30.0 Å². The predicted octanol–water partition coefficient (Wildman–Crippen LogP) is 5.79. The van der Waals surface area contributed by atoms with Gasteiger partial charge in [-0.05, 0) is 67.9 Å². The van der Waals surface area contributed by atoms with Gasteiger partial charge in [-0.1, -0.05) is 42.4 Å². The van der Waals surface area contributed by atoms with Crippen molar-refractivity contribution in [3.05, 3.63) is 81.1 Å². The third kappa shape index (κ3) is 6.12. The molecule has 0 aliphatic carbocycles. The van der Waals surface area contributed by atoms with Crippen molar-refractivity contribution < 1.29 is 4.79 Å². The normalized spacial score (nSPS) is 16.7. The first-order chi connectivity index (χ1) is 19.1. The molecule has 2 aliphatic rings. The number of halogens is 1. The average molecular weight is 596 g/mol. The number of aromatic nitrogens is 3. The van der Waals surface area contributed by atoms with E-state index in [0.29, 0.717) is 32.8 Å². The standard InChI is InChI=1S/C30H33N5O2S2.ClH/c1-33-29(37)28-25(13-18-38-28)32-30(33)39-20-21-5-7-22(8-6-21)27(36)23-9-10-26(31-19-23)35-16-11-24(12-17-35)34-14-3-2-4-15-34;/h5-10,13,18-19,24H,2-4,11-12,14-17,20H2,1H3;1H. The van der Waals surface area contributed by atoms with Gasteiger partial charge in [0, 0.05) is 49.3 Å². The molecule has 0 amide bonds. The van der Waals surface area contributed by atoms with Crippen LogP contribution in [0.25, 0.3) is 10.2 Å². The monoisotopic (exact) mass is 595 g/mol. The lowest BCUT2D eigenvalue weighted by atomic mass is 10.00. The second-order valence-corrected chi connectivity index (χ2v) is 12.3. The molecule has 0 N–H and O–H groups in total. The van der Waals surface area contributed by atoms with E-state index >= 15 is 0 Å². The molecule has 0 unspecified atom stereocenters. The van der Waals surface area contributed by atoms with Crippen molar-refractivity contribution in [2.75, 3.05) is 31.1 Å². The van der Waals surface area contributed by atoms with Crippen LogP contribution < -0.4 is 10.5 Å². The van der Waals surface area contributed by atoms with Crippen molar-refractivity contribution in [3.8, 4) is 0 Å². The van der Waals surface area contributed by atoms with E-state index in [1.165, 1.54) is 68.3 Å². The molecule has 3 aromatic heterocycles. The first-order valence-electron chi connectivity index (χ1n) is 13.7. The molecule has 2 saturated heterocycles. The number of carbonyl (C=O) groups is 1. The fraction of sp³-hybridized carbons (Fsp3) is 0.400. The highest BCUT2D eigenvalue weighted by atomic mass is 35.5. The summed E-state index contributed by atoms with van der Waals surface area (Å²) < 4.78 is 2.29. The van der Waals surface area contributed by atoms with Gasteiger partial charge in [0.2, 0.25) is 0 Å². The highest BCUT2D eigenvalue weighted by molar-refractivity contribution is 7.98. The SMILES string of the molecule is Cl.Cn1c(SCc2ccc(C(=O)c3ccc(N4CCC(N5CCCCC5)CC4)nc3)cc2)nc2ccsc2c1=O. The lowest BCUT2D eigenvalue weighted by molar-refractivity contribution is 0.103. The lowest BCUT2D eigenvalue weighted by Gasteiger charge is -2.40. The summed E-state index contributed by atoms with van der Waals surface area (Å²) in [5.74, 6) is 1.60. The number of benzene rings is 1. The molecule has 0 spiro atoms. The molecule has 2 fully saturated rings. The number of carbonyl (C=O) groups excluding carboxylic acids is 1. The summed E-state index contributed by atoms with van der Waals surface area (Å²) in [5, 5.41) is 2.58. The Labute approximate surface area is 249 Å². The van der Waals surface area contributed by atoms with Crippen LogP contribution in [0.15, 0.2) is 64.0 Å². The molecular formula is C30H34ClN5O2S2. The van der Waals surface area contributed by atoms with Gasteiger partial charge in [-0.3, -0.25) is 14.2 Å². The molecule has 0 bridgehead atoms. The van der Waals surface area contributed by atoms with Crippen LogP contribution in [-0.2, 0) is 12.8 Å². The number of fused-ring (bicyclic) bond motifs is 1. The second kappa shape index (κ2) is 12.9. The second-order valence-electron chi connectivity index (χ2n) is 10.4. The first-order valence-corrected chi connectivity index (χ1v) is 15.6. The van der Waals surface area contributed by atoms with Crippen molar-refractivity contribution in [1.29, 1.82) is 0 Å². The number of rotatable bonds is 7. The number of anilines is 1. The van der Waals surface area contributed by atoms with Gasteiger partial charge in [0.15, 0.2) is 10.9 Å². The summed E-state index contributed by atoms with van der Waals surface area (Å²) in [6, 6.07) is 14.1. The number of hydrogen-bond acceptors (Lipinski definition) is 8. The van der Waals surface area contributed by atoms with Gasteiger partial charge in [-0.2, -0.15) is 0 Å². The summed E-state index contributed by atoms with van der Waals surface area (Å²) in [6.07, 6.45) is 8.13. The fourth-order valence-electron chi connectivity index (χ4n) is 5.61. The van der Waals surface area contributed by atoms with Crippen molar-refractivity contribution >= 4 is 57.3 Å². The maximum atomic E-state index is 13.1. The molecule has 0 radical (unpaired) electrons. The predicted molar refractivity (Wildman–Crippen MR) is 166 cm³/mol. The van der Waals surface area contributed by atoms with E-state index in [-0.39, 0.29) is 23.7 Å². The zero-order valence-electron chi connectivity index (χ0n) is 22.6. The van der Waals surface area contributed by atoms with Crippen molar-refractivity contribution in [3.63, 3.8) is 0 Å². The van der Waals surface area contributed by atoms with E-state index in [2.05, 4.69) is 19.8 Å². The Bertz CT molecular complexity index is 1510. The Morgan fingerprint density at radius 2 is 1.70 bits per heavy atom. The molecule has 0 saturated carbocycles. The number of thiophene rings is 1. The van der Waals surface area contributed by atoms with Gasteiger partial charge >= 0.3 is 0 Å². The number of thioether (sulfide) groups is 1. The minimum atomic E-state index is -0.0240. The third-order valence-corrected chi connectivity index (χ3v) is 9.93. The topological polar surface area (TPSA) is 71.3 Å². The molecule has 5 heterocycles. The van der Waals surface area contributed by atoms with Gasteiger partial charge in [0.05, 0.1) is 5.52 Å². The van der Waals surface area contributed by atoms with Crippen LogP contribution >= 0.6 is 35.5 Å². The molecule has 7 nitrogen and oxygen atoms in total. The summed E-state index contributed by atoms with van der Waals surface area (Å²) in [6.45, 7) is 4.55. The zero-order chi connectivity index (χ0) is 26.8. The van der Waals surface area contributed by atoms with E-state index < -0.39 is 0 Å². The Hall–Kier alpha value is -2.72. The summed E-state index contributed by atoms with van der Waals surface area (Å²) in [7, 11) is 1.76. The van der Waals surface area contributed by atoms with Crippen LogP contribution in [0, 0.1) is 0 Å². The summed E-state index contributed by atoms with van der Waals surface area (Å²) >= 11 is 2.94. The highest BCUT2D eigenvalue weighted by Crippen LogP contribution is 2.26. The number of nitrogens with zero attached hydrogens (tertiary/aromatic N) is 5. The molecule has 210 valence electrons. The van der Waals surface area contributed by atoms with Crippen LogP contribution in [0.1, 0.15) is 53.6 Å². The summed E-state index contributed by atoms with van der Waals surface area (Å²) in [5.41, 5.74) is 3.05. The molecule has 10 heteroatoms. The Morgan fingerprint density at radius 3 is 2.40 bits per heavy atom. The Balaban J connectivity index is 0.00000323. The largest absolute Gasteiger partial charge is 0.357 e. The Morgan fingerprint density at radius 1 is 0.975 bits per heavy atom. The van der Waals surface area contributed by atoms with Crippen molar-refractivity contribution in [2.24, 2.45) is 7.05 Å². The molecule has 2 aliphatic heterocycles. The van der Waals surface area contributed by atoms with Crippen LogP contribution in [0.2, 0.25) is 0 Å². The number of piperidine rings is 2. The maximum Gasteiger partial charge on any atom is 0.271 e. The van der Waals surface area contributed by atoms with Crippen molar-refractivity contribution in [1.82, 2.24) is 19.4 Å². The zero-order valence-corrected chi connectivity index (χ0v) is 25.1. The number of pyridine rings is 1. The van der Waals surface area contributed by atoms with Crippen LogP contribution in [0.3, 0.4) is 0 Å². The molecule has 1 aromatic carbocycles. The minimum absolute atomic E-state index is 0. The van der Waals surface area contributed by atoms with E-state index in [1.54, 1.807) is 17.8 Å². The maximum absolute atomic E-state index is 13.1. The lowest BCUT2D eigenvalue weighted by Crippen LogP contribution is -2.46.